The minimum Gasteiger partial charge on any atom is -0.149 e. The van der Waals surface area contributed by atoms with Crippen molar-refractivity contribution in [3.05, 3.63) is 16.3 Å². The van der Waals surface area contributed by atoms with Crippen molar-refractivity contribution in [3.8, 4) is 0 Å². The van der Waals surface area contributed by atoms with Gasteiger partial charge in [-0.2, -0.15) is 0 Å². The molecule has 0 radical (unpaired) electrons. The molecular formula is C9H17PS. The highest BCUT2D eigenvalue weighted by atomic mass is 32.1. The minimum absolute atomic E-state index is 0.136. The first-order valence-corrected chi connectivity index (χ1v) is 7.04. The molecule has 0 saturated carbocycles. The number of hydrogen-bond acceptors (Lipinski definition) is 1. The maximum atomic E-state index is 2.29. The normalized spacial score (nSPS) is 9.27. The van der Waals surface area contributed by atoms with E-state index in [4.69, 9.17) is 0 Å². The molecule has 1 aromatic rings. The average molecular weight is 188 g/mol. The lowest BCUT2D eigenvalue weighted by Crippen LogP contribution is -1.91. The molecule has 0 aromatic carbocycles. The zero-order valence-electron chi connectivity index (χ0n) is 8.01. The van der Waals surface area contributed by atoms with E-state index >= 15 is 0 Å². The fourth-order valence-electron chi connectivity index (χ4n) is 0.664. The quantitative estimate of drug-likeness (QED) is 0.592. The Morgan fingerprint density at radius 1 is 1.27 bits per heavy atom. The SMILES string of the molecule is CC.Cc1cc(P(C)C)cs1. The van der Waals surface area contributed by atoms with E-state index in [1.807, 2.05) is 25.2 Å². The predicted molar refractivity (Wildman–Crippen MR) is 58.8 cm³/mol. The highest BCUT2D eigenvalue weighted by molar-refractivity contribution is 7.64. The first kappa shape index (κ1) is 11.1. The molecule has 0 amide bonds. The van der Waals surface area contributed by atoms with Crippen LogP contribution in [-0.2, 0) is 0 Å². The Kier molecular flexibility index (Phi) is 5.81. The van der Waals surface area contributed by atoms with Gasteiger partial charge in [-0.15, -0.1) is 11.3 Å². The molecule has 1 rings (SSSR count). The van der Waals surface area contributed by atoms with Gasteiger partial charge < -0.3 is 0 Å². The number of thiophene rings is 1. The summed E-state index contributed by atoms with van der Waals surface area (Å²) in [4.78, 5) is 1.43. The zero-order valence-corrected chi connectivity index (χ0v) is 9.72. The molecule has 1 aromatic heterocycles. The first-order valence-electron chi connectivity index (χ1n) is 3.92. The van der Waals surface area contributed by atoms with Crippen molar-refractivity contribution >= 4 is 24.6 Å². The maximum absolute atomic E-state index is 2.29. The van der Waals surface area contributed by atoms with Crippen molar-refractivity contribution in [3.63, 3.8) is 0 Å². The maximum Gasteiger partial charge on any atom is 0.00207 e. The molecule has 11 heavy (non-hydrogen) atoms. The highest BCUT2D eigenvalue weighted by Crippen LogP contribution is 2.25. The van der Waals surface area contributed by atoms with Crippen LogP contribution in [0.4, 0.5) is 0 Å². The van der Waals surface area contributed by atoms with Gasteiger partial charge in [-0.25, -0.2) is 0 Å². The van der Waals surface area contributed by atoms with Gasteiger partial charge in [0.05, 0.1) is 0 Å². The van der Waals surface area contributed by atoms with Crippen LogP contribution in [0, 0.1) is 6.92 Å². The largest absolute Gasteiger partial charge is 0.149 e. The second-order valence-corrected chi connectivity index (χ2v) is 5.73. The summed E-state index contributed by atoms with van der Waals surface area (Å²) in [6, 6.07) is 2.29. The fourth-order valence-corrected chi connectivity index (χ4v) is 2.77. The molecule has 1 heterocycles. The van der Waals surface area contributed by atoms with Crippen molar-refractivity contribution in [1.82, 2.24) is 0 Å². The second kappa shape index (κ2) is 5.74. The molecule has 0 unspecified atom stereocenters. The lowest BCUT2D eigenvalue weighted by molar-refractivity contribution is 1.50. The monoisotopic (exact) mass is 188 g/mol. The van der Waals surface area contributed by atoms with Crippen LogP contribution in [0.3, 0.4) is 0 Å². The smallest absolute Gasteiger partial charge is 0.00207 e. The van der Waals surface area contributed by atoms with Crippen LogP contribution in [0.5, 0.6) is 0 Å². The third-order valence-corrected chi connectivity index (χ3v) is 3.56. The van der Waals surface area contributed by atoms with E-state index in [9.17, 15) is 0 Å². The van der Waals surface area contributed by atoms with E-state index in [-0.39, 0.29) is 7.92 Å². The van der Waals surface area contributed by atoms with Gasteiger partial charge in [-0.05, 0) is 37.0 Å². The summed E-state index contributed by atoms with van der Waals surface area (Å²) in [5.74, 6) is 0. The van der Waals surface area contributed by atoms with Crippen molar-refractivity contribution in [2.24, 2.45) is 0 Å². The third kappa shape index (κ3) is 3.88. The number of hydrogen-bond donors (Lipinski definition) is 0. The molecular weight excluding hydrogens is 171 g/mol. The standard InChI is InChI=1S/C7H11PS.C2H6/c1-6-4-7(5-9-6)8(2)3;1-2/h4-5H,1-3H3;1-2H3. The zero-order chi connectivity index (χ0) is 8.85. The van der Waals surface area contributed by atoms with Crippen LogP contribution in [0.15, 0.2) is 11.4 Å². The Morgan fingerprint density at radius 3 is 2.00 bits per heavy atom. The van der Waals surface area contributed by atoms with Gasteiger partial charge in [0.15, 0.2) is 0 Å². The first-order chi connectivity index (χ1) is 5.20. The lowest BCUT2D eigenvalue weighted by atomic mass is 10.5. The van der Waals surface area contributed by atoms with Crippen LogP contribution < -0.4 is 5.30 Å². The van der Waals surface area contributed by atoms with Crippen molar-refractivity contribution in [2.75, 3.05) is 13.3 Å². The van der Waals surface area contributed by atoms with Crippen LogP contribution in [0.2, 0.25) is 0 Å². The van der Waals surface area contributed by atoms with E-state index in [0.717, 1.165) is 0 Å². The van der Waals surface area contributed by atoms with Gasteiger partial charge in [0.25, 0.3) is 0 Å². The molecule has 0 nitrogen and oxygen atoms in total. The molecule has 0 fully saturated rings. The Balaban J connectivity index is 0.000000461. The molecule has 0 aliphatic carbocycles. The Hall–Kier alpha value is 0.130. The molecule has 0 N–H and O–H groups in total. The Morgan fingerprint density at radius 2 is 1.82 bits per heavy atom. The molecule has 0 aliphatic heterocycles. The predicted octanol–water partition coefficient (Wildman–Crippen LogP) is 3.45. The summed E-state index contributed by atoms with van der Waals surface area (Å²) in [6.07, 6.45) is 0. The van der Waals surface area contributed by atoms with Crippen LogP contribution in [0.25, 0.3) is 0 Å². The fraction of sp³-hybridized carbons (Fsp3) is 0.556. The summed E-state index contributed by atoms with van der Waals surface area (Å²) in [7, 11) is 0.136. The molecule has 0 spiro atoms. The van der Waals surface area contributed by atoms with Crippen molar-refractivity contribution in [2.45, 2.75) is 20.8 Å². The van der Waals surface area contributed by atoms with E-state index < -0.39 is 0 Å². The molecule has 0 saturated heterocycles. The highest BCUT2D eigenvalue weighted by Gasteiger charge is 1.98. The summed E-state index contributed by atoms with van der Waals surface area (Å²) >= 11 is 1.85. The van der Waals surface area contributed by atoms with Gasteiger partial charge >= 0.3 is 0 Å². The van der Waals surface area contributed by atoms with Gasteiger partial charge in [0, 0.05) is 4.88 Å². The van der Waals surface area contributed by atoms with Gasteiger partial charge in [-0.3, -0.25) is 0 Å². The summed E-state index contributed by atoms with van der Waals surface area (Å²) in [5.41, 5.74) is 0. The Bertz CT molecular complexity index is 191. The minimum atomic E-state index is 0.136. The number of aryl methyl sites for hydroxylation is 1. The molecule has 2 heteroatoms. The average Bonchev–Trinajstić information content (AvgIpc) is 2.40. The van der Waals surface area contributed by atoms with Gasteiger partial charge in [-0.1, -0.05) is 21.8 Å². The van der Waals surface area contributed by atoms with Crippen molar-refractivity contribution in [1.29, 1.82) is 0 Å². The second-order valence-electron chi connectivity index (χ2n) is 2.31. The van der Waals surface area contributed by atoms with Crippen LogP contribution in [-0.4, -0.2) is 13.3 Å². The van der Waals surface area contributed by atoms with E-state index in [1.165, 1.54) is 10.2 Å². The third-order valence-electron chi connectivity index (χ3n) is 1.23. The van der Waals surface area contributed by atoms with E-state index in [1.54, 1.807) is 0 Å². The molecule has 0 atom stereocenters. The molecule has 0 aliphatic rings. The topological polar surface area (TPSA) is 0 Å². The van der Waals surface area contributed by atoms with Crippen LogP contribution in [0.1, 0.15) is 18.7 Å². The molecule has 0 bridgehead atoms. The summed E-state index contributed by atoms with van der Waals surface area (Å²) in [6.45, 7) is 10.7. The van der Waals surface area contributed by atoms with E-state index in [0.29, 0.717) is 0 Å². The van der Waals surface area contributed by atoms with Crippen LogP contribution >= 0.6 is 19.3 Å². The summed E-state index contributed by atoms with van der Waals surface area (Å²) < 4.78 is 0. The number of rotatable bonds is 1. The molecule has 64 valence electrons. The van der Waals surface area contributed by atoms with Crippen molar-refractivity contribution < 1.29 is 0 Å². The van der Waals surface area contributed by atoms with E-state index in [2.05, 4.69) is 31.7 Å². The lowest BCUT2D eigenvalue weighted by Gasteiger charge is -1.97. The van der Waals surface area contributed by atoms with Gasteiger partial charge in [0.2, 0.25) is 0 Å². The van der Waals surface area contributed by atoms with Gasteiger partial charge in [0.1, 0.15) is 0 Å². The summed E-state index contributed by atoms with van der Waals surface area (Å²) in [5, 5.41) is 3.80. The Labute approximate surface area is 75.4 Å².